The van der Waals surface area contributed by atoms with E-state index in [1.165, 1.54) is 38.8 Å². The van der Waals surface area contributed by atoms with Gasteiger partial charge in [-0.2, -0.15) is 0 Å². The molecule has 0 amide bonds. The van der Waals surface area contributed by atoms with Crippen LogP contribution in [-0.4, -0.2) is 37.1 Å². The van der Waals surface area contributed by atoms with Crippen LogP contribution in [0.5, 0.6) is 0 Å². The lowest BCUT2D eigenvalue weighted by atomic mass is 9.79. The minimum atomic E-state index is 0.825. The minimum Gasteiger partial charge on any atom is -0.314 e. The van der Waals surface area contributed by atoms with Crippen molar-refractivity contribution in [3.63, 3.8) is 0 Å². The molecule has 2 aliphatic rings. The third kappa shape index (κ3) is 2.54. The van der Waals surface area contributed by atoms with Gasteiger partial charge in [0.15, 0.2) is 0 Å². The molecule has 1 saturated heterocycles. The normalized spacial score (nSPS) is 33.4. The van der Waals surface area contributed by atoms with Crippen molar-refractivity contribution in [1.29, 1.82) is 0 Å². The van der Waals surface area contributed by atoms with E-state index in [4.69, 9.17) is 0 Å². The lowest BCUT2D eigenvalue weighted by molar-refractivity contribution is 0.0831. The number of likely N-dealkylation sites (N-methyl/N-ethyl adjacent to an activating group) is 1. The van der Waals surface area contributed by atoms with E-state index in [-0.39, 0.29) is 0 Å². The highest BCUT2D eigenvalue weighted by atomic mass is 15.2. The van der Waals surface area contributed by atoms with Crippen LogP contribution in [0.15, 0.2) is 0 Å². The van der Waals surface area contributed by atoms with Gasteiger partial charge in [-0.1, -0.05) is 13.8 Å². The highest BCUT2D eigenvalue weighted by molar-refractivity contribution is 4.88. The molecule has 0 aromatic rings. The van der Waals surface area contributed by atoms with Crippen LogP contribution in [0.1, 0.15) is 39.5 Å². The molecule has 0 atom stereocenters. The second-order valence-electron chi connectivity index (χ2n) is 5.79. The van der Waals surface area contributed by atoms with Gasteiger partial charge in [0.05, 0.1) is 0 Å². The predicted octanol–water partition coefficient (Wildman–Crippen LogP) is 2.10. The first-order valence-electron chi connectivity index (χ1n) is 6.61. The van der Waals surface area contributed by atoms with Crippen LogP contribution in [0.25, 0.3) is 0 Å². The van der Waals surface area contributed by atoms with Gasteiger partial charge in [0.25, 0.3) is 0 Å². The standard InChI is InChI=1S/C13H26N2/c1-10(2)11-4-6-12(7-5-11)15(3)13-8-14-9-13/h10-14H,4-9H2,1-3H3. The molecule has 2 nitrogen and oxygen atoms in total. The molecule has 88 valence electrons. The van der Waals surface area contributed by atoms with Crippen molar-refractivity contribution in [2.75, 3.05) is 20.1 Å². The maximum Gasteiger partial charge on any atom is 0.0345 e. The van der Waals surface area contributed by atoms with Gasteiger partial charge in [-0.3, -0.25) is 4.90 Å². The highest BCUT2D eigenvalue weighted by Gasteiger charge is 2.30. The predicted molar refractivity (Wildman–Crippen MR) is 65.0 cm³/mol. The number of nitrogens with one attached hydrogen (secondary N) is 1. The summed E-state index contributed by atoms with van der Waals surface area (Å²) in [6, 6.07) is 1.69. The maximum absolute atomic E-state index is 3.37. The monoisotopic (exact) mass is 210 g/mol. The Morgan fingerprint density at radius 2 is 1.60 bits per heavy atom. The third-order valence-corrected chi connectivity index (χ3v) is 4.60. The topological polar surface area (TPSA) is 15.3 Å². The molecule has 0 aromatic heterocycles. The summed E-state index contributed by atoms with van der Waals surface area (Å²) in [7, 11) is 2.33. The molecule has 1 heterocycles. The van der Waals surface area contributed by atoms with Gasteiger partial charge in [-0.15, -0.1) is 0 Å². The third-order valence-electron chi connectivity index (χ3n) is 4.60. The van der Waals surface area contributed by atoms with E-state index in [2.05, 4.69) is 31.1 Å². The Balaban J connectivity index is 1.77. The molecule has 2 fully saturated rings. The first kappa shape index (κ1) is 11.4. The van der Waals surface area contributed by atoms with Gasteiger partial charge in [-0.05, 0) is 44.6 Å². The van der Waals surface area contributed by atoms with Crippen molar-refractivity contribution in [2.45, 2.75) is 51.6 Å². The van der Waals surface area contributed by atoms with E-state index < -0.39 is 0 Å². The Bertz CT molecular complexity index is 191. The molecular weight excluding hydrogens is 184 g/mol. The van der Waals surface area contributed by atoms with Crippen LogP contribution >= 0.6 is 0 Å². The quantitative estimate of drug-likeness (QED) is 0.767. The molecule has 0 spiro atoms. The van der Waals surface area contributed by atoms with Crippen LogP contribution in [0, 0.1) is 11.8 Å². The molecule has 2 rings (SSSR count). The summed E-state index contributed by atoms with van der Waals surface area (Å²) in [5.74, 6) is 1.88. The highest BCUT2D eigenvalue weighted by Crippen LogP contribution is 2.32. The molecule has 1 saturated carbocycles. The Morgan fingerprint density at radius 3 is 2.00 bits per heavy atom. The van der Waals surface area contributed by atoms with Crippen molar-refractivity contribution >= 4 is 0 Å². The molecule has 0 aromatic carbocycles. The van der Waals surface area contributed by atoms with Crippen molar-refractivity contribution in [3.05, 3.63) is 0 Å². The molecule has 2 heteroatoms. The molecule has 0 bridgehead atoms. The fourth-order valence-electron chi connectivity index (χ4n) is 3.04. The van der Waals surface area contributed by atoms with Crippen molar-refractivity contribution in [2.24, 2.45) is 11.8 Å². The van der Waals surface area contributed by atoms with E-state index in [1.807, 2.05) is 0 Å². The van der Waals surface area contributed by atoms with E-state index in [1.54, 1.807) is 0 Å². The summed E-state index contributed by atoms with van der Waals surface area (Å²) in [5.41, 5.74) is 0. The fourth-order valence-corrected chi connectivity index (χ4v) is 3.04. The Morgan fingerprint density at radius 1 is 1.00 bits per heavy atom. The van der Waals surface area contributed by atoms with Crippen LogP contribution in [0.2, 0.25) is 0 Å². The van der Waals surface area contributed by atoms with Crippen molar-refractivity contribution in [1.82, 2.24) is 10.2 Å². The van der Waals surface area contributed by atoms with Gasteiger partial charge in [0, 0.05) is 25.2 Å². The number of hydrogen-bond acceptors (Lipinski definition) is 2. The van der Waals surface area contributed by atoms with Gasteiger partial charge >= 0.3 is 0 Å². The fraction of sp³-hybridized carbons (Fsp3) is 1.00. The first-order valence-corrected chi connectivity index (χ1v) is 6.61. The van der Waals surface area contributed by atoms with E-state index in [0.29, 0.717) is 0 Å². The average Bonchev–Trinajstić information content (AvgIpc) is 2.15. The summed E-state index contributed by atoms with van der Waals surface area (Å²) in [4.78, 5) is 2.63. The smallest absolute Gasteiger partial charge is 0.0345 e. The molecule has 0 unspecified atom stereocenters. The zero-order valence-electron chi connectivity index (χ0n) is 10.5. The largest absolute Gasteiger partial charge is 0.314 e. The van der Waals surface area contributed by atoms with E-state index in [9.17, 15) is 0 Å². The first-order chi connectivity index (χ1) is 7.18. The molecule has 15 heavy (non-hydrogen) atoms. The molecular formula is C13H26N2. The summed E-state index contributed by atoms with van der Waals surface area (Å²) in [6.07, 6.45) is 5.76. The lowest BCUT2D eigenvalue weighted by Gasteiger charge is -2.43. The number of hydrogen-bond donors (Lipinski definition) is 1. The van der Waals surface area contributed by atoms with Gasteiger partial charge in [0.2, 0.25) is 0 Å². The van der Waals surface area contributed by atoms with Gasteiger partial charge in [0.1, 0.15) is 0 Å². The SMILES string of the molecule is CC(C)C1CCC(N(C)C2CNC2)CC1. The molecule has 1 aliphatic heterocycles. The van der Waals surface area contributed by atoms with E-state index in [0.717, 1.165) is 23.9 Å². The summed E-state index contributed by atoms with van der Waals surface area (Å²) in [6.45, 7) is 7.18. The Labute approximate surface area is 94.4 Å². The summed E-state index contributed by atoms with van der Waals surface area (Å²) < 4.78 is 0. The van der Waals surface area contributed by atoms with Crippen LogP contribution < -0.4 is 5.32 Å². The van der Waals surface area contributed by atoms with Crippen molar-refractivity contribution in [3.8, 4) is 0 Å². The number of nitrogens with zero attached hydrogens (tertiary/aromatic N) is 1. The zero-order chi connectivity index (χ0) is 10.8. The molecule has 0 radical (unpaired) electrons. The zero-order valence-corrected chi connectivity index (χ0v) is 10.5. The number of rotatable bonds is 3. The van der Waals surface area contributed by atoms with E-state index >= 15 is 0 Å². The average molecular weight is 210 g/mol. The van der Waals surface area contributed by atoms with Crippen LogP contribution in [0.3, 0.4) is 0 Å². The molecule has 1 N–H and O–H groups in total. The molecule has 1 aliphatic carbocycles. The Kier molecular flexibility index (Phi) is 3.68. The summed E-state index contributed by atoms with van der Waals surface area (Å²) in [5, 5.41) is 3.37. The minimum absolute atomic E-state index is 0.825. The second-order valence-corrected chi connectivity index (χ2v) is 5.79. The maximum atomic E-state index is 3.37. The van der Waals surface area contributed by atoms with Crippen molar-refractivity contribution < 1.29 is 0 Å². The van der Waals surface area contributed by atoms with Gasteiger partial charge in [-0.25, -0.2) is 0 Å². The summed E-state index contributed by atoms with van der Waals surface area (Å²) >= 11 is 0. The van der Waals surface area contributed by atoms with Crippen LogP contribution in [0.4, 0.5) is 0 Å². The van der Waals surface area contributed by atoms with Crippen LogP contribution in [-0.2, 0) is 0 Å². The second kappa shape index (κ2) is 4.84. The van der Waals surface area contributed by atoms with Gasteiger partial charge < -0.3 is 5.32 Å². The lowest BCUT2D eigenvalue weighted by Crippen LogP contribution is -2.58. The Hall–Kier alpha value is -0.0800.